The number of ketones is 1. The summed E-state index contributed by atoms with van der Waals surface area (Å²) in [6.07, 6.45) is 1.47. The van der Waals surface area contributed by atoms with Crippen LogP contribution < -0.4 is 10.1 Å². The standard InChI is InChI=1S/C23H21NO8S/c1-3-29-23(28)21-17(18-5-4-10-30-18)13-33-22(21)24-19(26)11-32-20(27)12-31-16-8-6-15(7-9-16)14(2)25/h4-10,13H,3,11-12H2,1-2H3,(H,24,26). The molecule has 0 aliphatic carbocycles. The summed E-state index contributed by atoms with van der Waals surface area (Å²) in [5.74, 6) is -1.25. The number of furan rings is 1. The van der Waals surface area contributed by atoms with E-state index in [1.54, 1.807) is 48.7 Å². The second-order valence-corrected chi connectivity index (χ2v) is 7.51. The van der Waals surface area contributed by atoms with Crippen molar-refractivity contribution in [2.24, 2.45) is 0 Å². The summed E-state index contributed by atoms with van der Waals surface area (Å²) in [5, 5.41) is 4.48. The van der Waals surface area contributed by atoms with Crippen molar-refractivity contribution in [1.29, 1.82) is 0 Å². The minimum atomic E-state index is -0.756. The fourth-order valence-electron chi connectivity index (χ4n) is 2.75. The molecule has 3 aromatic rings. The Balaban J connectivity index is 1.55. The molecule has 0 fully saturated rings. The Morgan fingerprint density at radius 2 is 1.79 bits per heavy atom. The van der Waals surface area contributed by atoms with Gasteiger partial charge in [0.05, 0.1) is 12.9 Å². The largest absolute Gasteiger partial charge is 0.482 e. The first-order valence-electron chi connectivity index (χ1n) is 9.90. The van der Waals surface area contributed by atoms with Crippen LogP contribution in [0.2, 0.25) is 0 Å². The Bertz CT molecular complexity index is 1130. The highest BCUT2D eigenvalue weighted by molar-refractivity contribution is 7.15. The minimum absolute atomic E-state index is 0.0832. The van der Waals surface area contributed by atoms with Crippen molar-refractivity contribution in [3.05, 3.63) is 59.2 Å². The molecule has 0 spiro atoms. The van der Waals surface area contributed by atoms with Crippen LogP contribution in [0, 0.1) is 0 Å². The number of ether oxygens (including phenoxy) is 3. The highest BCUT2D eigenvalue weighted by Gasteiger charge is 2.24. The maximum atomic E-state index is 12.4. The van der Waals surface area contributed by atoms with Crippen LogP contribution in [0.1, 0.15) is 34.6 Å². The smallest absolute Gasteiger partial charge is 0.344 e. The number of hydrogen-bond donors (Lipinski definition) is 1. The van der Waals surface area contributed by atoms with Crippen LogP contribution in [0.25, 0.3) is 11.3 Å². The maximum Gasteiger partial charge on any atom is 0.344 e. The first kappa shape index (κ1) is 23.7. The van der Waals surface area contributed by atoms with Gasteiger partial charge in [-0.05, 0) is 50.2 Å². The number of nitrogens with one attached hydrogen (secondary N) is 1. The molecule has 2 heterocycles. The van der Waals surface area contributed by atoms with Crippen molar-refractivity contribution in [2.45, 2.75) is 13.8 Å². The summed E-state index contributed by atoms with van der Waals surface area (Å²) < 4.78 is 20.7. The maximum absolute atomic E-state index is 12.4. The fourth-order valence-corrected chi connectivity index (χ4v) is 3.70. The number of carbonyl (C=O) groups excluding carboxylic acids is 4. The Kier molecular flexibility index (Phi) is 7.98. The third kappa shape index (κ3) is 6.30. The fraction of sp³-hybridized carbons (Fsp3) is 0.217. The van der Waals surface area contributed by atoms with Gasteiger partial charge in [-0.3, -0.25) is 9.59 Å². The van der Waals surface area contributed by atoms with Crippen molar-refractivity contribution in [3.63, 3.8) is 0 Å². The van der Waals surface area contributed by atoms with E-state index < -0.39 is 31.1 Å². The lowest BCUT2D eigenvalue weighted by molar-refractivity contribution is -0.149. The number of benzene rings is 1. The number of esters is 2. The number of amides is 1. The quantitative estimate of drug-likeness (QED) is 0.349. The lowest BCUT2D eigenvalue weighted by Crippen LogP contribution is -2.24. The number of carbonyl (C=O) groups is 4. The molecule has 9 nitrogen and oxygen atoms in total. The highest BCUT2D eigenvalue weighted by atomic mass is 32.1. The van der Waals surface area contributed by atoms with E-state index in [9.17, 15) is 19.2 Å². The third-order valence-corrected chi connectivity index (χ3v) is 5.19. The molecule has 0 atom stereocenters. The van der Waals surface area contributed by atoms with Crippen LogP contribution in [-0.2, 0) is 19.1 Å². The molecule has 0 bridgehead atoms. The minimum Gasteiger partial charge on any atom is -0.482 e. The molecular formula is C23H21NO8S. The number of hydrogen-bond acceptors (Lipinski definition) is 9. The van der Waals surface area contributed by atoms with Crippen LogP contribution in [-0.4, -0.2) is 43.4 Å². The average molecular weight is 471 g/mol. The molecule has 172 valence electrons. The topological polar surface area (TPSA) is 121 Å². The van der Waals surface area contributed by atoms with Crippen molar-refractivity contribution in [2.75, 3.05) is 25.1 Å². The molecule has 10 heteroatoms. The molecule has 1 N–H and O–H groups in total. The first-order chi connectivity index (χ1) is 15.9. The Labute approximate surface area is 193 Å². The van der Waals surface area contributed by atoms with Gasteiger partial charge in [-0.1, -0.05) is 0 Å². The van der Waals surface area contributed by atoms with Gasteiger partial charge in [0, 0.05) is 16.5 Å². The molecule has 2 aromatic heterocycles. The first-order valence-corrected chi connectivity index (χ1v) is 10.8. The molecule has 1 aromatic carbocycles. The SMILES string of the molecule is CCOC(=O)c1c(-c2ccco2)csc1NC(=O)COC(=O)COc1ccc(C(C)=O)cc1. The zero-order valence-corrected chi connectivity index (χ0v) is 18.7. The van der Waals surface area contributed by atoms with Crippen molar-refractivity contribution in [3.8, 4) is 17.1 Å². The third-order valence-electron chi connectivity index (χ3n) is 4.29. The van der Waals surface area contributed by atoms with Gasteiger partial charge < -0.3 is 23.9 Å². The van der Waals surface area contributed by atoms with Crippen LogP contribution in [0.4, 0.5) is 5.00 Å². The van der Waals surface area contributed by atoms with E-state index in [0.717, 1.165) is 11.3 Å². The van der Waals surface area contributed by atoms with Gasteiger partial charge in [-0.15, -0.1) is 11.3 Å². The normalized spacial score (nSPS) is 10.4. The van der Waals surface area contributed by atoms with Gasteiger partial charge >= 0.3 is 11.9 Å². The molecule has 33 heavy (non-hydrogen) atoms. The predicted molar refractivity (Wildman–Crippen MR) is 120 cm³/mol. The summed E-state index contributed by atoms with van der Waals surface area (Å²) in [6.45, 7) is 2.30. The monoisotopic (exact) mass is 471 g/mol. The lowest BCUT2D eigenvalue weighted by Gasteiger charge is -2.09. The summed E-state index contributed by atoms with van der Waals surface area (Å²) >= 11 is 1.12. The van der Waals surface area contributed by atoms with Gasteiger partial charge in [0.2, 0.25) is 0 Å². The lowest BCUT2D eigenvalue weighted by atomic mass is 10.1. The van der Waals surface area contributed by atoms with E-state index in [-0.39, 0.29) is 23.0 Å². The van der Waals surface area contributed by atoms with Crippen molar-refractivity contribution < 1.29 is 37.8 Å². The Morgan fingerprint density at radius 1 is 1.03 bits per heavy atom. The van der Waals surface area contributed by atoms with E-state index in [0.29, 0.717) is 22.6 Å². The predicted octanol–water partition coefficient (Wildman–Crippen LogP) is 3.95. The van der Waals surface area contributed by atoms with Gasteiger partial charge in [0.25, 0.3) is 5.91 Å². The number of Topliss-reactive ketones (excluding diaryl/α,β-unsaturated/α-hetero) is 1. The van der Waals surface area contributed by atoms with E-state index in [2.05, 4.69) is 5.32 Å². The Hall–Kier alpha value is -3.92. The van der Waals surface area contributed by atoms with Gasteiger partial charge in [0.15, 0.2) is 19.0 Å². The number of anilines is 1. The molecule has 0 saturated carbocycles. The van der Waals surface area contributed by atoms with Crippen molar-refractivity contribution >= 4 is 40.0 Å². The molecule has 0 radical (unpaired) electrons. The van der Waals surface area contributed by atoms with E-state index in [1.807, 2.05) is 0 Å². The second kappa shape index (κ2) is 11.1. The van der Waals surface area contributed by atoms with Gasteiger partial charge in [-0.2, -0.15) is 0 Å². The van der Waals surface area contributed by atoms with Crippen LogP contribution >= 0.6 is 11.3 Å². The van der Waals surface area contributed by atoms with Gasteiger partial charge in [-0.25, -0.2) is 9.59 Å². The molecule has 0 aliphatic heterocycles. The average Bonchev–Trinajstić information content (AvgIpc) is 3.46. The zero-order chi connectivity index (χ0) is 23.8. The van der Waals surface area contributed by atoms with Gasteiger partial charge in [0.1, 0.15) is 22.1 Å². The number of thiophene rings is 1. The van der Waals surface area contributed by atoms with Crippen LogP contribution in [0.15, 0.2) is 52.5 Å². The zero-order valence-electron chi connectivity index (χ0n) is 17.9. The highest BCUT2D eigenvalue weighted by Crippen LogP contribution is 2.36. The van der Waals surface area contributed by atoms with E-state index >= 15 is 0 Å². The molecule has 0 saturated heterocycles. The molecule has 0 unspecified atom stereocenters. The summed E-state index contributed by atoms with van der Waals surface area (Å²) in [7, 11) is 0. The van der Waals surface area contributed by atoms with Crippen LogP contribution in [0.3, 0.4) is 0 Å². The summed E-state index contributed by atoms with van der Waals surface area (Å²) in [6, 6.07) is 9.64. The number of rotatable bonds is 10. The second-order valence-electron chi connectivity index (χ2n) is 6.63. The summed E-state index contributed by atoms with van der Waals surface area (Å²) in [4.78, 5) is 47.9. The van der Waals surface area contributed by atoms with E-state index in [1.165, 1.54) is 13.2 Å². The van der Waals surface area contributed by atoms with Crippen molar-refractivity contribution in [1.82, 2.24) is 0 Å². The molecule has 0 aliphatic rings. The molecule has 3 rings (SSSR count). The molecular weight excluding hydrogens is 450 g/mol. The summed E-state index contributed by atoms with van der Waals surface area (Å²) in [5.41, 5.74) is 1.17. The van der Waals surface area contributed by atoms with Crippen LogP contribution in [0.5, 0.6) is 5.75 Å². The molecule has 1 amide bonds. The Morgan fingerprint density at radius 3 is 2.42 bits per heavy atom. The van der Waals surface area contributed by atoms with E-state index in [4.69, 9.17) is 18.6 Å².